The van der Waals surface area contributed by atoms with E-state index >= 15 is 0 Å². The standard InChI is InChI=1S/C18H24N4O3S/c1-14-12-15(26-13-14)16(23)21-9-4-18(5-10-21,22-8-3-6-20-22)17(24)19-7-11-25-2/h3,6,8,12-13H,4-5,7,9-11H2,1-2H3,(H,19,24). The van der Waals surface area contributed by atoms with E-state index in [1.165, 1.54) is 11.3 Å². The second-order valence-electron chi connectivity index (χ2n) is 6.51. The van der Waals surface area contributed by atoms with Gasteiger partial charge in [0.1, 0.15) is 5.54 Å². The maximum Gasteiger partial charge on any atom is 0.263 e. The van der Waals surface area contributed by atoms with Crippen molar-refractivity contribution in [1.82, 2.24) is 20.0 Å². The lowest BCUT2D eigenvalue weighted by molar-refractivity contribution is -0.133. The quantitative estimate of drug-likeness (QED) is 0.778. The van der Waals surface area contributed by atoms with Crippen molar-refractivity contribution in [2.24, 2.45) is 0 Å². The number of hydrogen-bond donors (Lipinski definition) is 1. The topological polar surface area (TPSA) is 76.5 Å². The minimum absolute atomic E-state index is 0.0388. The number of aryl methyl sites for hydroxylation is 1. The third-order valence-electron chi connectivity index (χ3n) is 4.78. The van der Waals surface area contributed by atoms with E-state index in [9.17, 15) is 9.59 Å². The first-order valence-corrected chi connectivity index (χ1v) is 9.56. The van der Waals surface area contributed by atoms with Gasteiger partial charge in [-0.2, -0.15) is 5.10 Å². The van der Waals surface area contributed by atoms with E-state index in [0.717, 1.165) is 10.4 Å². The maximum atomic E-state index is 12.9. The van der Waals surface area contributed by atoms with Gasteiger partial charge in [0.2, 0.25) is 5.91 Å². The summed E-state index contributed by atoms with van der Waals surface area (Å²) in [6.07, 6.45) is 4.55. The highest BCUT2D eigenvalue weighted by molar-refractivity contribution is 7.12. The number of carbonyl (C=O) groups is 2. The van der Waals surface area contributed by atoms with Crippen molar-refractivity contribution in [3.05, 3.63) is 40.3 Å². The van der Waals surface area contributed by atoms with Gasteiger partial charge in [-0.1, -0.05) is 0 Å². The second-order valence-corrected chi connectivity index (χ2v) is 7.42. The van der Waals surface area contributed by atoms with E-state index in [2.05, 4.69) is 10.4 Å². The minimum Gasteiger partial charge on any atom is -0.383 e. The molecular formula is C18H24N4O3S. The van der Waals surface area contributed by atoms with Gasteiger partial charge in [0, 0.05) is 39.1 Å². The summed E-state index contributed by atoms with van der Waals surface area (Å²) in [6.45, 7) is 3.94. The highest BCUT2D eigenvalue weighted by Gasteiger charge is 2.44. The molecule has 0 radical (unpaired) electrons. The molecule has 0 bridgehead atoms. The van der Waals surface area contributed by atoms with Crippen molar-refractivity contribution in [3.63, 3.8) is 0 Å². The summed E-state index contributed by atoms with van der Waals surface area (Å²) in [5, 5.41) is 9.23. The molecule has 0 spiro atoms. The van der Waals surface area contributed by atoms with Crippen LogP contribution in [0, 0.1) is 6.92 Å². The number of methoxy groups -OCH3 is 1. The van der Waals surface area contributed by atoms with Crippen molar-refractivity contribution >= 4 is 23.2 Å². The molecule has 26 heavy (non-hydrogen) atoms. The Bertz CT molecular complexity index is 748. The minimum atomic E-state index is -0.764. The summed E-state index contributed by atoms with van der Waals surface area (Å²) >= 11 is 1.47. The van der Waals surface area contributed by atoms with Crippen molar-refractivity contribution in [1.29, 1.82) is 0 Å². The average Bonchev–Trinajstić information content (AvgIpc) is 3.33. The summed E-state index contributed by atoms with van der Waals surface area (Å²) in [4.78, 5) is 28.2. The van der Waals surface area contributed by atoms with Gasteiger partial charge in [0.15, 0.2) is 0 Å². The van der Waals surface area contributed by atoms with E-state index in [1.54, 1.807) is 18.0 Å². The first-order valence-electron chi connectivity index (χ1n) is 8.68. The van der Waals surface area contributed by atoms with Gasteiger partial charge >= 0.3 is 0 Å². The first-order chi connectivity index (χ1) is 12.6. The Morgan fingerprint density at radius 2 is 2.15 bits per heavy atom. The van der Waals surface area contributed by atoms with Crippen LogP contribution in [0.2, 0.25) is 0 Å². The third kappa shape index (κ3) is 3.66. The van der Waals surface area contributed by atoms with E-state index in [1.807, 2.05) is 35.5 Å². The molecule has 0 unspecified atom stereocenters. The van der Waals surface area contributed by atoms with Crippen LogP contribution in [-0.4, -0.2) is 59.8 Å². The monoisotopic (exact) mass is 376 g/mol. The molecule has 140 valence electrons. The zero-order valence-electron chi connectivity index (χ0n) is 15.1. The van der Waals surface area contributed by atoms with Gasteiger partial charge in [-0.3, -0.25) is 14.3 Å². The highest BCUT2D eigenvalue weighted by atomic mass is 32.1. The SMILES string of the molecule is COCCNC(=O)C1(n2cccn2)CCN(C(=O)c2cc(C)cs2)CC1. The van der Waals surface area contributed by atoms with Crippen LogP contribution in [0.15, 0.2) is 29.9 Å². The van der Waals surface area contributed by atoms with E-state index in [4.69, 9.17) is 4.74 Å². The van der Waals surface area contributed by atoms with Crippen LogP contribution in [0.4, 0.5) is 0 Å². The molecule has 3 heterocycles. The molecule has 2 aromatic rings. The van der Waals surface area contributed by atoms with Crippen LogP contribution in [0.5, 0.6) is 0 Å². The number of ether oxygens (including phenoxy) is 1. The van der Waals surface area contributed by atoms with Crippen molar-refractivity contribution < 1.29 is 14.3 Å². The van der Waals surface area contributed by atoms with E-state index in [-0.39, 0.29) is 11.8 Å². The van der Waals surface area contributed by atoms with Crippen LogP contribution in [0.1, 0.15) is 28.1 Å². The van der Waals surface area contributed by atoms with Gasteiger partial charge in [-0.25, -0.2) is 0 Å². The fourth-order valence-electron chi connectivity index (χ4n) is 3.29. The van der Waals surface area contributed by atoms with Crippen LogP contribution < -0.4 is 5.32 Å². The molecule has 1 fully saturated rings. The van der Waals surface area contributed by atoms with Crippen molar-refractivity contribution in [2.45, 2.75) is 25.3 Å². The van der Waals surface area contributed by atoms with Crippen molar-refractivity contribution in [2.75, 3.05) is 33.4 Å². The number of aromatic nitrogens is 2. The van der Waals surface area contributed by atoms with Gasteiger partial charge in [0.05, 0.1) is 11.5 Å². The predicted molar refractivity (Wildman–Crippen MR) is 99.3 cm³/mol. The van der Waals surface area contributed by atoms with Crippen LogP contribution in [-0.2, 0) is 15.1 Å². The lowest BCUT2D eigenvalue weighted by Crippen LogP contribution is -2.56. The molecular weight excluding hydrogens is 352 g/mol. The molecule has 0 aliphatic carbocycles. The molecule has 1 N–H and O–H groups in total. The zero-order chi connectivity index (χ0) is 18.6. The Kier molecular flexibility index (Phi) is 5.73. The Morgan fingerprint density at radius 3 is 2.73 bits per heavy atom. The summed E-state index contributed by atoms with van der Waals surface area (Å²) in [6, 6.07) is 3.73. The molecule has 2 aromatic heterocycles. The molecule has 0 aromatic carbocycles. The summed E-state index contributed by atoms with van der Waals surface area (Å²) in [5.74, 6) is -0.0331. The van der Waals surface area contributed by atoms with Gasteiger partial charge < -0.3 is 15.0 Å². The third-order valence-corrected chi connectivity index (χ3v) is 5.81. The molecule has 7 nitrogen and oxygen atoms in total. The molecule has 2 amide bonds. The van der Waals surface area contributed by atoms with E-state index < -0.39 is 5.54 Å². The average molecular weight is 376 g/mol. The molecule has 3 rings (SSSR count). The summed E-state index contributed by atoms with van der Waals surface area (Å²) < 4.78 is 6.74. The molecule has 1 aliphatic heterocycles. The Hall–Kier alpha value is -2.19. The number of amides is 2. The van der Waals surface area contributed by atoms with Crippen LogP contribution >= 0.6 is 11.3 Å². The number of carbonyl (C=O) groups excluding carboxylic acids is 2. The van der Waals surface area contributed by atoms with Crippen LogP contribution in [0.25, 0.3) is 0 Å². The molecule has 1 aliphatic rings. The lowest BCUT2D eigenvalue weighted by Gasteiger charge is -2.40. The molecule has 0 saturated carbocycles. The lowest BCUT2D eigenvalue weighted by atomic mass is 9.86. The molecule has 1 saturated heterocycles. The number of likely N-dealkylation sites (tertiary alicyclic amines) is 1. The normalized spacial score (nSPS) is 16.5. The maximum absolute atomic E-state index is 12.9. The van der Waals surface area contributed by atoms with Crippen LogP contribution in [0.3, 0.4) is 0 Å². The smallest absolute Gasteiger partial charge is 0.263 e. The van der Waals surface area contributed by atoms with Gasteiger partial charge in [-0.15, -0.1) is 11.3 Å². The number of rotatable bonds is 6. The zero-order valence-corrected chi connectivity index (χ0v) is 15.9. The number of nitrogens with one attached hydrogen (secondary N) is 1. The van der Waals surface area contributed by atoms with E-state index in [0.29, 0.717) is 39.1 Å². The number of piperidine rings is 1. The number of hydrogen-bond acceptors (Lipinski definition) is 5. The molecule has 0 atom stereocenters. The van der Waals surface area contributed by atoms with Gasteiger partial charge in [0.25, 0.3) is 5.91 Å². The Balaban J connectivity index is 1.73. The Morgan fingerprint density at radius 1 is 1.38 bits per heavy atom. The second kappa shape index (κ2) is 8.01. The Labute approximate surface area is 156 Å². The first kappa shape index (κ1) is 18.6. The number of thiophene rings is 1. The highest BCUT2D eigenvalue weighted by Crippen LogP contribution is 2.31. The fourth-order valence-corrected chi connectivity index (χ4v) is 4.16. The number of nitrogens with zero attached hydrogens (tertiary/aromatic N) is 3. The summed E-state index contributed by atoms with van der Waals surface area (Å²) in [7, 11) is 1.60. The van der Waals surface area contributed by atoms with Crippen molar-refractivity contribution in [3.8, 4) is 0 Å². The predicted octanol–water partition coefficient (Wildman–Crippen LogP) is 1.65. The molecule has 8 heteroatoms. The van der Waals surface area contributed by atoms with Gasteiger partial charge in [-0.05, 0) is 42.8 Å². The largest absolute Gasteiger partial charge is 0.383 e. The summed E-state index contributed by atoms with van der Waals surface area (Å²) in [5.41, 5.74) is 0.332. The fraction of sp³-hybridized carbons (Fsp3) is 0.500.